The van der Waals surface area contributed by atoms with Gasteiger partial charge in [0.1, 0.15) is 10.7 Å². The molecule has 0 amide bonds. The van der Waals surface area contributed by atoms with Gasteiger partial charge in [0, 0.05) is 5.39 Å². The summed E-state index contributed by atoms with van der Waals surface area (Å²) >= 11 is 0. The number of furan rings is 1. The molecule has 0 unspecified atom stereocenters. The van der Waals surface area contributed by atoms with Crippen LogP contribution in [0.3, 0.4) is 0 Å². The first-order chi connectivity index (χ1) is 11.0. The Morgan fingerprint density at radius 2 is 2.00 bits per heavy atom. The molecule has 1 aromatic carbocycles. The zero-order valence-electron chi connectivity index (χ0n) is 11.7. The van der Waals surface area contributed by atoms with Crippen LogP contribution in [0.4, 0.5) is 5.88 Å². The number of aromatic nitrogens is 1. The number of nitro groups is 1. The van der Waals surface area contributed by atoms with Crippen LogP contribution in [-0.2, 0) is 0 Å². The Morgan fingerprint density at radius 1 is 1.22 bits per heavy atom. The van der Waals surface area contributed by atoms with Crippen molar-refractivity contribution in [1.29, 1.82) is 0 Å². The SMILES string of the molecule is O=C(O)c1cc(C=Cc2ccc([N+](=O)[O-])o2)nc2ccccc12. The number of carboxylic acids is 1. The summed E-state index contributed by atoms with van der Waals surface area (Å²) in [6.45, 7) is 0. The van der Waals surface area contributed by atoms with Gasteiger partial charge < -0.3 is 9.52 Å². The fourth-order valence-corrected chi connectivity index (χ4v) is 2.16. The van der Waals surface area contributed by atoms with Gasteiger partial charge in [-0.15, -0.1) is 0 Å². The molecule has 0 radical (unpaired) electrons. The van der Waals surface area contributed by atoms with Crippen molar-refractivity contribution < 1.29 is 19.2 Å². The first-order valence-electron chi connectivity index (χ1n) is 6.60. The largest absolute Gasteiger partial charge is 0.478 e. The summed E-state index contributed by atoms with van der Waals surface area (Å²) in [5.41, 5.74) is 1.11. The second-order valence-electron chi connectivity index (χ2n) is 4.68. The van der Waals surface area contributed by atoms with E-state index in [2.05, 4.69) is 4.98 Å². The first kappa shape index (κ1) is 14.5. The molecule has 0 saturated carbocycles. The molecule has 7 heteroatoms. The average molecular weight is 310 g/mol. The molecule has 0 spiro atoms. The van der Waals surface area contributed by atoms with E-state index in [1.165, 1.54) is 24.3 Å². The second-order valence-corrected chi connectivity index (χ2v) is 4.68. The van der Waals surface area contributed by atoms with Crippen LogP contribution in [0.25, 0.3) is 23.1 Å². The van der Waals surface area contributed by atoms with Crippen molar-refractivity contribution in [3.63, 3.8) is 0 Å². The number of carboxylic acid groups (broad SMARTS) is 1. The number of para-hydroxylation sites is 1. The quantitative estimate of drug-likeness (QED) is 0.582. The normalized spacial score (nSPS) is 11.1. The summed E-state index contributed by atoms with van der Waals surface area (Å²) in [7, 11) is 0. The van der Waals surface area contributed by atoms with E-state index in [0.29, 0.717) is 16.6 Å². The molecule has 114 valence electrons. The predicted molar refractivity (Wildman–Crippen MR) is 83.0 cm³/mol. The summed E-state index contributed by atoms with van der Waals surface area (Å²) in [4.78, 5) is 25.7. The monoisotopic (exact) mass is 310 g/mol. The molecule has 0 bridgehead atoms. The van der Waals surface area contributed by atoms with Crippen LogP contribution in [0.5, 0.6) is 0 Å². The summed E-state index contributed by atoms with van der Waals surface area (Å²) in [5.74, 6) is -1.13. The third kappa shape index (κ3) is 2.93. The molecule has 2 heterocycles. The van der Waals surface area contributed by atoms with Crippen LogP contribution in [-0.4, -0.2) is 21.0 Å². The lowest BCUT2D eigenvalue weighted by Crippen LogP contribution is -2.00. The number of hydrogen-bond acceptors (Lipinski definition) is 5. The lowest BCUT2D eigenvalue weighted by Gasteiger charge is -2.03. The molecule has 2 aromatic heterocycles. The number of rotatable bonds is 4. The number of hydrogen-bond donors (Lipinski definition) is 1. The highest BCUT2D eigenvalue weighted by atomic mass is 16.6. The molecular formula is C16H10N2O5. The summed E-state index contributed by atoms with van der Waals surface area (Å²) in [5, 5.41) is 20.4. The van der Waals surface area contributed by atoms with Gasteiger partial charge in [0.25, 0.3) is 0 Å². The highest BCUT2D eigenvalue weighted by Crippen LogP contribution is 2.21. The fourth-order valence-electron chi connectivity index (χ4n) is 2.16. The highest BCUT2D eigenvalue weighted by Gasteiger charge is 2.12. The molecule has 0 atom stereocenters. The second kappa shape index (κ2) is 5.72. The van der Waals surface area contributed by atoms with Crippen LogP contribution in [0.1, 0.15) is 21.8 Å². The van der Waals surface area contributed by atoms with Gasteiger partial charge in [0.15, 0.2) is 0 Å². The number of pyridine rings is 1. The smallest absolute Gasteiger partial charge is 0.433 e. The molecule has 1 N–H and O–H groups in total. The van der Waals surface area contributed by atoms with Gasteiger partial charge >= 0.3 is 11.9 Å². The minimum Gasteiger partial charge on any atom is -0.478 e. The van der Waals surface area contributed by atoms with Gasteiger partial charge in [0.05, 0.1) is 22.8 Å². The molecule has 0 saturated heterocycles. The van der Waals surface area contributed by atoms with Crippen molar-refractivity contribution in [2.24, 2.45) is 0 Å². The molecule has 3 rings (SSSR count). The number of nitrogens with zero attached hydrogens (tertiary/aromatic N) is 2. The van der Waals surface area contributed by atoms with Crippen molar-refractivity contribution in [2.45, 2.75) is 0 Å². The van der Waals surface area contributed by atoms with E-state index in [0.717, 1.165) is 0 Å². The minimum absolute atomic E-state index is 0.140. The van der Waals surface area contributed by atoms with Crippen LogP contribution in [0.2, 0.25) is 0 Å². The Hall–Kier alpha value is -3.48. The van der Waals surface area contributed by atoms with E-state index in [1.807, 2.05) is 0 Å². The molecular weight excluding hydrogens is 300 g/mol. The zero-order valence-corrected chi connectivity index (χ0v) is 11.7. The molecule has 7 nitrogen and oxygen atoms in total. The topological polar surface area (TPSA) is 106 Å². The third-order valence-corrected chi connectivity index (χ3v) is 3.18. The zero-order chi connectivity index (χ0) is 16.4. The molecule has 23 heavy (non-hydrogen) atoms. The van der Waals surface area contributed by atoms with E-state index < -0.39 is 10.9 Å². The average Bonchev–Trinajstić information content (AvgIpc) is 3.01. The minimum atomic E-state index is -1.05. The van der Waals surface area contributed by atoms with E-state index in [4.69, 9.17) is 4.42 Å². The molecule has 0 aliphatic heterocycles. The lowest BCUT2D eigenvalue weighted by molar-refractivity contribution is -0.402. The maximum atomic E-state index is 11.4. The highest BCUT2D eigenvalue weighted by molar-refractivity contribution is 6.03. The number of benzene rings is 1. The van der Waals surface area contributed by atoms with E-state index in [-0.39, 0.29) is 17.2 Å². The first-order valence-corrected chi connectivity index (χ1v) is 6.60. The summed E-state index contributed by atoms with van der Waals surface area (Å²) in [6, 6.07) is 11.1. The van der Waals surface area contributed by atoms with Gasteiger partial charge in [-0.2, -0.15) is 0 Å². The Labute approximate surface area is 129 Å². The van der Waals surface area contributed by atoms with Gasteiger partial charge in [-0.05, 0) is 30.4 Å². The summed E-state index contributed by atoms with van der Waals surface area (Å²) in [6.07, 6.45) is 3.04. The van der Waals surface area contributed by atoms with Crippen LogP contribution in [0, 0.1) is 10.1 Å². The maximum absolute atomic E-state index is 11.4. The lowest BCUT2D eigenvalue weighted by atomic mass is 10.1. The molecule has 3 aromatic rings. The Bertz CT molecular complexity index is 943. The number of aromatic carboxylic acids is 1. The Kier molecular flexibility index (Phi) is 3.60. The van der Waals surface area contributed by atoms with Gasteiger partial charge in [-0.25, -0.2) is 9.78 Å². The van der Waals surface area contributed by atoms with Crippen molar-refractivity contribution in [3.8, 4) is 0 Å². The van der Waals surface area contributed by atoms with Crippen LogP contribution in [0.15, 0.2) is 46.9 Å². The van der Waals surface area contributed by atoms with Gasteiger partial charge in [0.2, 0.25) is 0 Å². The standard InChI is InChI=1S/C16H10N2O5/c19-16(20)13-9-10(17-14-4-2-1-3-12(13)14)5-6-11-7-8-15(23-11)18(21)22/h1-9H,(H,19,20). The van der Waals surface area contributed by atoms with Gasteiger partial charge in [-0.3, -0.25) is 10.1 Å². The molecule has 0 fully saturated rings. The van der Waals surface area contributed by atoms with Crippen molar-refractivity contribution in [1.82, 2.24) is 4.98 Å². The van der Waals surface area contributed by atoms with E-state index in [9.17, 15) is 20.0 Å². The van der Waals surface area contributed by atoms with Crippen LogP contribution < -0.4 is 0 Å². The van der Waals surface area contributed by atoms with E-state index in [1.54, 1.807) is 30.3 Å². The van der Waals surface area contributed by atoms with Crippen molar-refractivity contribution in [3.05, 3.63) is 69.6 Å². The van der Waals surface area contributed by atoms with Gasteiger partial charge in [-0.1, -0.05) is 18.2 Å². The molecule has 0 aliphatic carbocycles. The van der Waals surface area contributed by atoms with Crippen molar-refractivity contribution in [2.75, 3.05) is 0 Å². The number of fused-ring (bicyclic) bond motifs is 1. The summed E-state index contributed by atoms with van der Waals surface area (Å²) < 4.78 is 5.00. The molecule has 0 aliphatic rings. The predicted octanol–water partition coefficient (Wildman–Crippen LogP) is 3.60. The van der Waals surface area contributed by atoms with Crippen LogP contribution >= 0.6 is 0 Å². The Balaban J connectivity index is 2.00. The third-order valence-electron chi connectivity index (χ3n) is 3.18. The van der Waals surface area contributed by atoms with Crippen molar-refractivity contribution >= 4 is 34.9 Å². The Morgan fingerprint density at radius 3 is 2.70 bits per heavy atom. The fraction of sp³-hybridized carbons (Fsp3) is 0. The maximum Gasteiger partial charge on any atom is 0.433 e. The van der Waals surface area contributed by atoms with E-state index >= 15 is 0 Å². The number of carbonyl (C=O) groups is 1.